The van der Waals surface area contributed by atoms with E-state index in [0.29, 0.717) is 0 Å². The molecule has 1 aliphatic rings. The van der Waals surface area contributed by atoms with Crippen LogP contribution in [0.3, 0.4) is 0 Å². The lowest BCUT2D eigenvalue weighted by Crippen LogP contribution is -2.47. The first-order valence-electron chi connectivity index (χ1n) is 9.49. The van der Waals surface area contributed by atoms with Crippen LogP contribution in [0.5, 0.6) is 0 Å². The summed E-state index contributed by atoms with van der Waals surface area (Å²) >= 11 is 1.40. The maximum absolute atomic E-state index is 12.5. The van der Waals surface area contributed by atoms with Crippen LogP contribution in [0, 0.1) is 25.2 Å². The van der Waals surface area contributed by atoms with Crippen LogP contribution in [0.25, 0.3) is 5.69 Å². The van der Waals surface area contributed by atoms with Gasteiger partial charge in [0.2, 0.25) is 5.91 Å². The lowest BCUT2D eigenvalue weighted by atomic mass is 9.92. The minimum absolute atomic E-state index is 0.0990. The van der Waals surface area contributed by atoms with Crippen LogP contribution in [-0.4, -0.2) is 26.8 Å². The Morgan fingerprint density at radius 2 is 2.00 bits per heavy atom. The molecule has 1 aliphatic carbocycles. The van der Waals surface area contributed by atoms with E-state index in [9.17, 15) is 10.1 Å². The van der Waals surface area contributed by atoms with Gasteiger partial charge in [-0.1, -0.05) is 43.5 Å². The van der Waals surface area contributed by atoms with Crippen molar-refractivity contribution in [3.63, 3.8) is 0 Å². The van der Waals surface area contributed by atoms with Gasteiger partial charge >= 0.3 is 0 Å². The number of imidazole rings is 1. The number of rotatable bonds is 5. The third-order valence-electron chi connectivity index (χ3n) is 5.26. The summed E-state index contributed by atoms with van der Waals surface area (Å²) in [5.74, 6) is 0.156. The first-order chi connectivity index (χ1) is 13.0. The van der Waals surface area contributed by atoms with Gasteiger partial charge < -0.3 is 5.32 Å². The SMILES string of the molecule is Cc1ccc(-n2ccnc2SCC(=O)NC2(C#N)CCCCCC2)cc1C. The van der Waals surface area contributed by atoms with Crippen molar-refractivity contribution in [3.05, 3.63) is 41.7 Å². The third kappa shape index (κ3) is 4.72. The molecule has 27 heavy (non-hydrogen) atoms. The molecule has 0 saturated heterocycles. The van der Waals surface area contributed by atoms with Gasteiger partial charge in [0.25, 0.3) is 0 Å². The van der Waals surface area contributed by atoms with Crippen LogP contribution in [0.2, 0.25) is 0 Å². The number of nitrogens with one attached hydrogen (secondary N) is 1. The van der Waals surface area contributed by atoms with Gasteiger partial charge in [0.1, 0.15) is 5.54 Å². The molecule has 0 bridgehead atoms. The Morgan fingerprint density at radius 1 is 1.26 bits per heavy atom. The van der Waals surface area contributed by atoms with Crippen molar-refractivity contribution in [1.29, 1.82) is 5.26 Å². The molecule has 0 unspecified atom stereocenters. The molecule has 0 spiro atoms. The molecule has 142 valence electrons. The van der Waals surface area contributed by atoms with Crippen molar-refractivity contribution >= 4 is 17.7 Å². The molecule has 0 atom stereocenters. The van der Waals surface area contributed by atoms with Crippen LogP contribution >= 0.6 is 11.8 Å². The number of amides is 1. The molecule has 3 rings (SSSR count). The van der Waals surface area contributed by atoms with Crippen molar-refractivity contribution < 1.29 is 4.79 Å². The summed E-state index contributed by atoms with van der Waals surface area (Å²) in [6.45, 7) is 4.18. The number of thioether (sulfide) groups is 1. The van der Waals surface area contributed by atoms with Gasteiger partial charge in [-0.05, 0) is 49.9 Å². The van der Waals surface area contributed by atoms with E-state index in [4.69, 9.17) is 0 Å². The smallest absolute Gasteiger partial charge is 0.231 e. The molecular formula is C21H26N4OS. The summed E-state index contributed by atoms with van der Waals surface area (Å²) in [6.07, 6.45) is 9.43. The Hall–Kier alpha value is -2.26. The number of nitrogens with zero attached hydrogens (tertiary/aromatic N) is 3. The molecule has 2 aromatic rings. The Balaban J connectivity index is 1.65. The highest BCUT2D eigenvalue weighted by molar-refractivity contribution is 7.99. The van der Waals surface area contributed by atoms with Gasteiger partial charge in [-0.25, -0.2) is 4.98 Å². The van der Waals surface area contributed by atoms with E-state index in [1.807, 2.05) is 10.8 Å². The van der Waals surface area contributed by atoms with Crippen LogP contribution in [0.4, 0.5) is 0 Å². The molecule has 1 heterocycles. The van der Waals surface area contributed by atoms with E-state index in [1.54, 1.807) is 6.20 Å². The zero-order valence-electron chi connectivity index (χ0n) is 16.0. The monoisotopic (exact) mass is 382 g/mol. The van der Waals surface area contributed by atoms with Crippen LogP contribution in [-0.2, 0) is 4.79 Å². The number of hydrogen-bond acceptors (Lipinski definition) is 4. The summed E-state index contributed by atoms with van der Waals surface area (Å²) in [4.78, 5) is 16.9. The molecular weight excluding hydrogens is 356 g/mol. The second-order valence-corrected chi connectivity index (χ2v) is 8.24. The van der Waals surface area contributed by atoms with E-state index in [-0.39, 0.29) is 11.7 Å². The van der Waals surface area contributed by atoms with Crippen molar-refractivity contribution in [3.8, 4) is 11.8 Å². The van der Waals surface area contributed by atoms with Gasteiger partial charge in [-0.15, -0.1) is 0 Å². The van der Waals surface area contributed by atoms with E-state index in [2.05, 4.69) is 48.4 Å². The Labute approximate surface area is 165 Å². The van der Waals surface area contributed by atoms with Crippen molar-refractivity contribution in [2.75, 3.05) is 5.75 Å². The average molecular weight is 383 g/mol. The highest BCUT2D eigenvalue weighted by atomic mass is 32.2. The maximum atomic E-state index is 12.5. The van der Waals surface area contributed by atoms with E-state index < -0.39 is 5.54 Å². The minimum Gasteiger partial charge on any atom is -0.337 e. The Kier molecular flexibility index (Phi) is 6.22. The molecule has 5 nitrogen and oxygen atoms in total. The summed E-state index contributed by atoms with van der Waals surface area (Å²) in [6, 6.07) is 8.64. The van der Waals surface area contributed by atoms with Crippen LogP contribution in [0.15, 0.2) is 35.7 Å². The van der Waals surface area contributed by atoms with E-state index >= 15 is 0 Å². The number of hydrogen-bond donors (Lipinski definition) is 1. The van der Waals surface area contributed by atoms with Crippen molar-refractivity contribution in [2.45, 2.75) is 63.1 Å². The second-order valence-electron chi connectivity index (χ2n) is 7.29. The topological polar surface area (TPSA) is 70.7 Å². The van der Waals surface area contributed by atoms with Gasteiger partial charge in [0.05, 0.1) is 11.8 Å². The fourth-order valence-corrected chi connectivity index (χ4v) is 4.27. The van der Waals surface area contributed by atoms with Crippen molar-refractivity contribution in [1.82, 2.24) is 14.9 Å². The quantitative estimate of drug-likeness (QED) is 0.618. The largest absolute Gasteiger partial charge is 0.337 e. The number of benzene rings is 1. The van der Waals surface area contributed by atoms with E-state index in [1.165, 1.54) is 22.9 Å². The maximum Gasteiger partial charge on any atom is 0.231 e. The van der Waals surface area contributed by atoms with E-state index in [0.717, 1.165) is 49.4 Å². The average Bonchev–Trinajstić information content (AvgIpc) is 3.01. The third-order valence-corrected chi connectivity index (χ3v) is 6.22. The second kappa shape index (κ2) is 8.62. The summed E-state index contributed by atoms with van der Waals surface area (Å²) in [7, 11) is 0. The standard InChI is InChI=1S/C21H26N4OS/c1-16-7-8-18(13-17(16)2)25-12-11-23-20(25)27-14-19(26)24-21(15-22)9-5-3-4-6-10-21/h7-8,11-13H,3-6,9-10,14H2,1-2H3,(H,24,26). The molecule has 1 fully saturated rings. The normalized spacial score (nSPS) is 16.3. The number of carbonyl (C=O) groups excluding carboxylic acids is 1. The lowest BCUT2D eigenvalue weighted by Gasteiger charge is -2.26. The van der Waals surface area contributed by atoms with Gasteiger partial charge in [0, 0.05) is 18.1 Å². The number of aryl methyl sites for hydroxylation is 2. The van der Waals surface area contributed by atoms with Gasteiger partial charge in [0.15, 0.2) is 5.16 Å². The highest BCUT2D eigenvalue weighted by Crippen LogP contribution is 2.27. The summed E-state index contributed by atoms with van der Waals surface area (Å²) in [5.41, 5.74) is 2.81. The fourth-order valence-electron chi connectivity index (χ4n) is 3.50. The fraction of sp³-hybridized carbons (Fsp3) is 0.476. The first kappa shape index (κ1) is 19.5. The molecule has 6 heteroatoms. The molecule has 0 aliphatic heterocycles. The van der Waals surface area contributed by atoms with Crippen LogP contribution < -0.4 is 5.32 Å². The number of nitriles is 1. The molecule has 1 amide bonds. The first-order valence-corrected chi connectivity index (χ1v) is 10.5. The summed E-state index contributed by atoms with van der Waals surface area (Å²) < 4.78 is 2.00. The predicted octanol–water partition coefficient (Wildman–Crippen LogP) is 4.31. The molecule has 1 aromatic heterocycles. The number of aromatic nitrogens is 2. The van der Waals surface area contributed by atoms with Gasteiger partial charge in [-0.2, -0.15) is 5.26 Å². The Bertz CT molecular complexity index is 844. The Morgan fingerprint density at radius 3 is 2.67 bits per heavy atom. The molecule has 1 aromatic carbocycles. The zero-order chi connectivity index (χ0) is 19.3. The number of carbonyl (C=O) groups is 1. The van der Waals surface area contributed by atoms with Gasteiger partial charge in [-0.3, -0.25) is 9.36 Å². The van der Waals surface area contributed by atoms with Crippen molar-refractivity contribution in [2.24, 2.45) is 0 Å². The molecule has 1 saturated carbocycles. The zero-order valence-corrected chi connectivity index (χ0v) is 16.8. The predicted molar refractivity (Wildman–Crippen MR) is 108 cm³/mol. The summed E-state index contributed by atoms with van der Waals surface area (Å²) in [5, 5.41) is 13.4. The highest BCUT2D eigenvalue weighted by Gasteiger charge is 2.32. The van der Waals surface area contributed by atoms with Crippen LogP contribution in [0.1, 0.15) is 49.7 Å². The lowest BCUT2D eigenvalue weighted by molar-refractivity contribution is -0.120. The molecule has 1 N–H and O–H groups in total. The minimum atomic E-state index is -0.697. The molecule has 0 radical (unpaired) electrons.